The van der Waals surface area contributed by atoms with Crippen LogP contribution in [0.3, 0.4) is 0 Å². The molecule has 3 amide bonds. The highest BCUT2D eigenvalue weighted by Crippen LogP contribution is 2.26. The Morgan fingerprint density at radius 2 is 1.88 bits per heavy atom. The summed E-state index contributed by atoms with van der Waals surface area (Å²) in [6, 6.07) is 13.2. The van der Waals surface area contributed by atoms with Crippen molar-refractivity contribution in [2.75, 3.05) is 12.4 Å². The Kier molecular flexibility index (Phi) is 7.49. The number of thioether (sulfide) groups is 1. The van der Waals surface area contributed by atoms with Crippen molar-refractivity contribution in [1.82, 2.24) is 25.4 Å². The minimum Gasteiger partial charge on any atom is -0.494 e. The number of imide groups is 1. The topological polar surface area (TPSA) is 115 Å². The molecule has 34 heavy (non-hydrogen) atoms. The number of carbonyl (C=O) groups is 3. The molecule has 0 bridgehead atoms. The van der Waals surface area contributed by atoms with Crippen LogP contribution >= 0.6 is 23.4 Å². The molecule has 1 aliphatic heterocycles. The van der Waals surface area contributed by atoms with E-state index in [9.17, 15) is 14.4 Å². The van der Waals surface area contributed by atoms with E-state index in [1.165, 1.54) is 11.8 Å². The maximum absolute atomic E-state index is 12.7. The van der Waals surface area contributed by atoms with Crippen LogP contribution in [-0.4, -0.2) is 50.9 Å². The lowest BCUT2D eigenvalue weighted by Gasteiger charge is -2.23. The monoisotopic (exact) mass is 499 g/mol. The van der Waals surface area contributed by atoms with Gasteiger partial charge >= 0.3 is 6.03 Å². The first kappa shape index (κ1) is 23.8. The van der Waals surface area contributed by atoms with E-state index in [-0.39, 0.29) is 23.9 Å². The quantitative estimate of drug-likeness (QED) is 0.342. The maximum Gasteiger partial charge on any atom is 0.321 e. The first-order valence-electron chi connectivity index (χ1n) is 10.6. The van der Waals surface area contributed by atoms with E-state index in [1.54, 1.807) is 24.3 Å². The van der Waals surface area contributed by atoms with E-state index in [0.717, 1.165) is 11.4 Å². The van der Waals surface area contributed by atoms with Crippen LogP contribution in [0.25, 0.3) is 5.69 Å². The van der Waals surface area contributed by atoms with Crippen LogP contribution in [0.15, 0.2) is 53.7 Å². The summed E-state index contributed by atoms with van der Waals surface area (Å²) in [5.41, 5.74) is 1.33. The summed E-state index contributed by atoms with van der Waals surface area (Å²) in [4.78, 5) is 36.2. The van der Waals surface area contributed by atoms with Crippen molar-refractivity contribution in [3.63, 3.8) is 0 Å². The third-order valence-corrected chi connectivity index (χ3v) is 6.23. The first-order valence-corrected chi connectivity index (χ1v) is 12.0. The normalized spacial score (nSPS) is 15.5. The number of urea groups is 1. The van der Waals surface area contributed by atoms with Crippen molar-refractivity contribution in [2.45, 2.75) is 31.0 Å². The summed E-state index contributed by atoms with van der Waals surface area (Å²) in [6.45, 7) is 2.46. The molecular formula is C23H22ClN5O4S. The van der Waals surface area contributed by atoms with Gasteiger partial charge < -0.3 is 10.1 Å². The fraction of sp³-hybridized carbons (Fsp3) is 0.261. The molecule has 3 aromatic rings. The molecule has 11 heteroatoms. The van der Waals surface area contributed by atoms with Crippen LogP contribution in [0.5, 0.6) is 5.75 Å². The molecule has 1 aliphatic rings. The van der Waals surface area contributed by atoms with Gasteiger partial charge in [-0.25, -0.2) is 4.79 Å². The number of hydrogen-bond acceptors (Lipinski definition) is 7. The molecule has 1 unspecified atom stereocenters. The van der Waals surface area contributed by atoms with Gasteiger partial charge in [0, 0.05) is 35.2 Å². The number of carbonyl (C=O) groups excluding carboxylic acids is 3. The number of benzene rings is 2. The molecule has 2 aromatic carbocycles. The van der Waals surface area contributed by atoms with Gasteiger partial charge in [-0.3, -0.25) is 19.5 Å². The predicted molar refractivity (Wildman–Crippen MR) is 128 cm³/mol. The van der Waals surface area contributed by atoms with Crippen LogP contribution in [0, 0.1) is 0 Å². The van der Waals surface area contributed by atoms with Gasteiger partial charge in [-0.2, -0.15) is 0 Å². The zero-order chi connectivity index (χ0) is 24.1. The lowest BCUT2D eigenvalue weighted by Crippen LogP contribution is -2.53. The van der Waals surface area contributed by atoms with E-state index in [0.29, 0.717) is 34.6 Å². The number of nitrogens with one attached hydrogen (secondary N) is 2. The van der Waals surface area contributed by atoms with Crippen molar-refractivity contribution in [3.05, 3.63) is 64.9 Å². The highest BCUT2D eigenvalue weighted by Gasteiger charge is 2.27. The van der Waals surface area contributed by atoms with Gasteiger partial charge in [-0.15, -0.1) is 10.2 Å². The van der Waals surface area contributed by atoms with Gasteiger partial charge in [-0.1, -0.05) is 23.4 Å². The molecule has 0 radical (unpaired) electrons. The number of Topliss-reactive ketones (excluding diaryl/α,β-unsaturated/α-hetero) is 1. The zero-order valence-corrected chi connectivity index (χ0v) is 19.9. The molecule has 1 fully saturated rings. The Morgan fingerprint density at radius 3 is 2.56 bits per heavy atom. The lowest BCUT2D eigenvalue weighted by molar-refractivity contribution is -0.121. The predicted octanol–water partition coefficient (Wildman–Crippen LogP) is 3.44. The summed E-state index contributed by atoms with van der Waals surface area (Å²) >= 11 is 7.17. The fourth-order valence-corrected chi connectivity index (χ4v) is 4.50. The van der Waals surface area contributed by atoms with Crippen molar-refractivity contribution in [1.29, 1.82) is 0 Å². The molecule has 0 aliphatic carbocycles. The summed E-state index contributed by atoms with van der Waals surface area (Å²) in [7, 11) is 0. The molecule has 9 nitrogen and oxygen atoms in total. The number of hydrogen-bond donors (Lipinski definition) is 2. The molecule has 4 rings (SSSR count). The van der Waals surface area contributed by atoms with E-state index in [4.69, 9.17) is 16.3 Å². The third-order valence-electron chi connectivity index (χ3n) is 5.05. The molecule has 176 valence electrons. The number of rotatable bonds is 9. The standard InChI is InChI=1S/C23H22ClN5O4S/c1-2-33-18-9-7-17(8-10-18)29-20(11-16-12-21(31)26-22(32)25-16)27-28-23(29)34-13-19(30)14-3-5-15(24)6-4-14/h3-10,16H,2,11-13H2,1H3,(H2,25,26,31,32). The second kappa shape index (κ2) is 10.7. The molecule has 0 saturated carbocycles. The molecule has 0 spiro atoms. The summed E-state index contributed by atoms with van der Waals surface area (Å²) < 4.78 is 7.36. The second-order valence-electron chi connectivity index (χ2n) is 7.51. The van der Waals surface area contributed by atoms with Gasteiger partial charge in [-0.05, 0) is 55.5 Å². The molecule has 1 atom stereocenters. The van der Waals surface area contributed by atoms with Crippen LogP contribution in [0.1, 0.15) is 29.5 Å². The number of nitrogens with zero attached hydrogens (tertiary/aromatic N) is 3. The first-order chi connectivity index (χ1) is 16.4. The average Bonchev–Trinajstić information content (AvgIpc) is 3.20. The Labute approximate surface area is 205 Å². The number of ketones is 1. The highest BCUT2D eigenvalue weighted by atomic mass is 35.5. The highest BCUT2D eigenvalue weighted by molar-refractivity contribution is 7.99. The van der Waals surface area contributed by atoms with Crippen LogP contribution in [0.2, 0.25) is 5.02 Å². The SMILES string of the molecule is CCOc1ccc(-n2c(CC3CC(=O)NC(=O)N3)nnc2SCC(=O)c2ccc(Cl)cc2)cc1. The summed E-state index contributed by atoms with van der Waals surface area (Å²) in [5.74, 6) is 1.03. The summed E-state index contributed by atoms with van der Waals surface area (Å²) in [5, 5.41) is 14.6. The van der Waals surface area contributed by atoms with Crippen molar-refractivity contribution in [3.8, 4) is 11.4 Å². The zero-order valence-electron chi connectivity index (χ0n) is 18.3. The van der Waals surface area contributed by atoms with Crippen LogP contribution < -0.4 is 15.4 Å². The Hall–Kier alpha value is -3.37. The Balaban J connectivity index is 1.58. The van der Waals surface area contributed by atoms with E-state index in [2.05, 4.69) is 20.8 Å². The molecule has 2 N–H and O–H groups in total. The van der Waals surface area contributed by atoms with Crippen LogP contribution in [0.4, 0.5) is 4.79 Å². The lowest BCUT2D eigenvalue weighted by atomic mass is 10.1. The number of halogens is 1. The minimum atomic E-state index is -0.531. The van der Waals surface area contributed by atoms with Gasteiger partial charge in [0.25, 0.3) is 0 Å². The van der Waals surface area contributed by atoms with Gasteiger partial charge in [0.2, 0.25) is 5.91 Å². The van der Waals surface area contributed by atoms with Crippen LogP contribution in [-0.2, 0) is 11.2 Å². The second-order valence-corrected chi connectivity index (χ2v) is 8.89. The molecule has 2 heterocycles. The Morgan fingerprint density at radius 1 is 1.15 bits per heavy atom. The average molecular weight is 500 g/mol. The van der Waals surface area contributed by atoms with E-state index < -0.39 is 12.1 Å². The largest absolute Gasteiger partial charge is 0.494 e. The smallest absolute Gasteiger partial charge is 0.321 e. The number of amides is 3. The number of aromatic nitrogens is 3. The maximum atomic E-state index is 12.7. The molecule has 1 aromatic heterocycles. The summed E-state index contributed by atoms with van der Waals surface area (Å²) in [6.07, 6.45) is 0.435. The third kappa shape index (κ3) is 5.75. The minimum absolute atomic E-state index is 0.0688. The Bertz CT molecular complexity index is 1180. The molecular weight excluding hydrogens is 478 g/mol. The fourth-order valence-electron chi connectivity index (χ4n) is 3.51. The van der Waals surface area contributed by atoms with Gasteiger partial charge in [0.05, 0.1) is 12.4 Å². The van der Waals surface area contributed by atoms with Crippen molar-refractivity contribution < 1.29 is 19.1 Å². The van der Waals surface area contributed by atoms with E-state index in [1.807, 2.05) is 35.8 Å². The van der Waals surface area contributed by atoms with Crippen molar-refractivity contribution in [2.24, 2.45) is 0 Å². The van der Waals surface area contributed by atoms with Crippen molar-refractivity contribution >= 4 is 41.1 Å². The van der Waals surface area contributed by atoms with Gasteiger partial charge in [0.1, 0.15) is 11.6 Å². The molecule has 1 saturated heterocycles. The van der Waals surface area contributed by atoms with Gasteiger partial charge in [0.15, 0.2) is 10.9 Å². The van der Waals surface area contributed by atoms with E-state index >= 15 is 0 Å². The number of ether oxygens (including phenoxy) is 1.